The van der Waals surface area contributed by atoms with Crippen molar-refractivity contribution in [2.24, 2.45) is 0 Å². The molecule has 1 atom stereocenters. The van der Waals surface area contributed by atoms with Gasteiger partial charge in [0.25, 0.3) is 0 Å². The lowest BCUT2D eigenvalue weighted by molar-refractivity contribution is -0.00749. The van der Waals surface area contributed by atoms with E-state index in [9.17, 15) is 4.79 Å². The largest absolute Gasteiger partial charge is 0.437 e. The first-order valence-electron chi connectivity index (χ1n) is 4.06. The highest BCUT2D eigenvalue weighted by atomic mass is 16.6. The second-order valence-electron chi connectivity index (χ2n) is 3.16. The fraction of sp³-hybridized carbons (Fsp3) is 0.857. The van der Waals surface area contributed by atoms with Gasteiger partial charge in [-0.15, -0.1) is 0 Å². The Labute approximate surface area is 70.4 Å². The number of hydrogen-bond donors (Lipinski definition) is 2. The van der Waals surface area contributed by atoms with Gasteiger partial charge in [-0.25, -0.2) is 4.79 Å². The molecule has 1 spiro atoms. The van der Waals surface area contributed by atoms with Gasteiger partial charge in [-0.3, -0.25) is 0 Å². The van der Waals surface area contributed by atoms with Gasteiger partial charge in [0.05, 0.1) is 19.8 Å². The van der Waals surface area contributed by atoms with Crippen LogP contribution >= 0.6 is 0 Å². The number of hydrogen-bond acceptors (Lipinski definition) is 4. The lowest BCUT2D eigenvalue weighted by atomic mass is 10.1. The predicted molar refractivity (Wildman–Crippen MR) is 40.9 cm³/mol. The Hall–Kier alpha value is -0.810. The van der Waals surface area contributed by atoms with Crippen molar-refractivity contribution in [3.63, 3.8) is 0 Å². The maximum Gasteiger partial charge on any atom is 0.408 e. The van der Waals surface area contributed by atoms with E-state index in [4.69, 9.17) is 9.47 Å². The van der Waals surface area contributed by atoms with Crippen LogP contribution in [0.3, 0.4) is 0 Å². The summed E-state index contributed by atoms with van der Waals surface area (Å²) in [5, 5.41) is 5.78. The third kappa shape index (κ3) is 1.37. The summed E-state index contributed by atoms with van der Waals surface area (Å²) in [5.74, 6) is 0. The lowest BCUT2D eigenvalue weighted by Gasteiger charge is -2.22. The van der Waals surface area contributed by atoms with Crippen LogP contribution in [0.15, 0.2) is 0 Å². The molecule has 0 unspecified atom stereocenters. The van der Waals surface area contributed by atoms with Crippen molar-refractivity contribution in [3.05, 3.63) is 0 Å². The zero-order chi connectivity index (χ0) is 8.44. The normalized spacial score (nSPS) is 35.8. The van der Waals surface area contributed by atoms with Gasteiger partial charge in [0.1, 0.15) is 0 Å². The summed E-state index contributed by atoms with van der Waals surface area (Å²) in [6.45, 7) is 3.20. The first kappa shape index (κ1) is 7.82. The average molecular weight is 172 g/mol. The Kier molecular flexibility index (Phi) is 1.90. The summed E-state index contributed by atoms with van der Waals surface area (Å²) >= 11 is 0. The summed E-state index contributed by atoms with van der Waals surface area (Å²) in [5.41, 5.74) is -0.465. The van der Waals surface area contributed by atoms with Crippen molar-refractivity contribution in [2.45, 2.75) is 5.60 Å². The molecule has 0 radical (unpaired) electrons. The maximum atomic E-state index is 10.8. The fourth-order valence-electron chi connectivity index (χ4n) is 1.45. The summed E-state index contributed by atoms with van der Waals surface area (Å²) < 4.78 is 10.4. The zero-order valence-corrected chi connectivity index (χ0v) is 6.76. The highest BCUT2D eigenvalue weighted by Crippen LogP contribution is 2.16. The molecule has 2 saturated heterocycles. The number of amides is 1. The Balaban J connectivity index is 2.03. The van der Waals surface area contributed by atoms with Gasteiger partial charge >= 0.3 is 6.09 Å². The molecule has 68 valence electrons. The van der Waals surface area contributed by atoms with E-state index in [-0.39, 0.29) is 6.09 Å². The topological polar surface area (TPSA) is 59.6 Å². The molecule has 0 bridgehead atoms. The molecule has 12 heavy (non-hydrogen) atoms. The Bertz CT molecular complexity index is 187. The summed E-state index contributed by atoms with van der Waals surface area (Å²) in [7, 11) is 0. The minimum atomic E-state index is -0.465. The van der Waals surface area contributed by atoms with E-state index >= 15 is 0 Å². The molecule has 0 aromatic rings. The Morgan fingerprint density at radius 3 is 3.08 bits per heavy atom. The van der Waals surface area contributed by atoms with E-state index in [0.717, 1.165) is 6.54 Å². The molecule has 2 aliphatic rings. The van der Waals surface area contributed by atoms with Crippen molar-refractivity contribution in [1.82, 2.24) is 10.6 Å². The molecular formula is C7H12N2O3. The van der Waals surface area contributed by atoms with Gasteiger partial charge in [0, 0.05) is 13.1 Å². The summed E-state index contributed by atoms with van der Waals surface area (Å²) in [4.78, 5) is 10.8. The lowest BCUT2D eigenvalue weighted by Crippen LogP contribution is -2.45. The van der Waals surface area contributed by atoms with Gasteiger partial charge in [-0.1, -0.05) is 0 Å². The minimum Gasteiger partial charge on any atom is -0.437 e. The zero-order valence-electron chi connectivity index (χ0n) is 6.76. The fourth-order valence-corrected chi connectivity index (χ4v) is 1.45. The monoisotopic (exact) mass is 172 g/mol. The number of nitrogens with one attached hydrogen (secondary N) is 2. The number of carbonyl (C=O) groups excluding carboxylic acids is 1. The van der Waals surface area contributed by atoms with E-state index < -0.39 is 5.60 Å². The van der Waals surface area contributed by atoms with E-state index in [1.807, 2.05) is 0 Å². The van der Waals surface area contributed by atoms with Gasteiger partial charge in [-0.2, -0.15) is 0 Å². The third-order valence-corrected chi connectivity index (χ3v) is 2.10. The molecule has 2 N–H and O–H groups in total. The summed E-state index contributed by atoms with van der Waals surface area (Å²) in [6.07, 6.45) is -0.345. The quantitative estimate of drug-likeness (QED) is 0.496. The van der Waals surface area contributed by atoms with Gasteiger partial charge < -0.3 is 20.1 Å². The van der Waals surface area contributed by atoms with Gasteiger partial charge in [-0.05, 0) is 0 Å². The standard InChI is InChI=1S/C7H12N2O3/c10-6-9-4-7(12-6)3-8-1-2-11-5-7/h8H,1-5H2,(H,9,10)/t7-/m0/s1. The van der Waals surface area contributed by atoms with Crippen LogP contribution in [0, 0.1) is 0 Å². The second-order valence-corrected chi connectivity index (χ2v) is 3.16. The highest BCUT2D eigenvalue weighted by Gasteiger charge is 2.41. The van der Waals surface area contributed by atoms with Gasteiger partial charge in [0.2, 0.25) is 0 Å². The van der Waals surface area contributed by atoms with Crippen LogP contribution in [-0.2, 0) is 9.47 Å². The molecule has 1 amide bonds. The Morgan fingerprint density at radius 1 is 1.42 bits per heavy atom. The van der Waals surface area contributed by atoms with Crippen LogP contribution in [0.4, 0.5) is 4.79 Å². The van der Waals surface area contributed by atoms with Crippen LogP contribution in [0.25, 0.3) is 0 Å². The average Bonchev–Trinajstić information content (AvgIpc) is 2.30. The van der Waals surface area contributed by atoms with E-state index in [0.29, 0.717) is 26.3 Å². The second kappa shape index (κ2) is 2.91. The molecule has 0 saturated carbocycles. The molecule has 0 aromatic heterocycles. The number of alkyl carbamates (subject to hydrolysis) is 1. The van der Waals surface area contributed by atoms with Crippen LogP contribution in [0.1, 0.15) is 0 Å². The number of carbonyl (C=O) groups is 1. The number of ether oxygens (including phenoxy) is 2. The minimum absolute atomic E-state index is 0.345. The molecule has 2 rings (SSSR count). The molecule has 5 nitrogen and oxygen atoms in total. The smallest absolute Gasteiger partial charge is 0.408 e. The third-order valence-electron chi connectivity index (χ3n) is 2.10. The molecule has 2 heterocycles. The van der Waals surface area contributed by atoms with Crippen LogP contribution < -0.4 is 10.6 Å². The van der Waals surface area contributed by atoms with Gasteiger partial charge in [0.15, 0.2) is 5.60 Å². The Morgan fingerprint density at radius 2 is 2.33 bits per heavy atom. The van der Waals surface area contributed by atoms with Crippen LogP contribution in [0.2, 0.25) is 0 Å². The van der Waals surface area contributed by atoms with E-state index in [1.165, 1.54) is 0 Å². The van der Waals surface area contributed by atoms with Crippen molar-refractivity contribution in [3.8, 4) is 0 Å². The molecular weight excluding hydrogens is 160 g/mol. The van der Waals surface area contributed by atoms with Crippen LogP contribution in [0.5, 0.6) is 0 Å². The van der Waals surface area contributed by atoms with Crippen molar-refractivity contribution < 1.29 is 14.3 Å². The summed E-state index contributed by atoms with van der Waals surface area (Å²) in [6, 6.07) is 0. The molecule has 2 aliphatic heterocycles. The maximum absolute atomic E-state index is 10.8. The van der Waals surface area contributed by atoms with E-state index in [2.05, 4.69) is 10.6 Å². The van der Waals surface area contributed by atoms with Crippen molar-refractivity contribution >= 4 is 6.09 Å². The predicted octanol–water partition coefficient (Wildman–Crippen LogP) is -0.915. The van der Waals surface area contributed by atoms with Crippen molar-refractivity contribution in [1.29, 1.82) is 0 Å². The molecule has 0 aliphatic carbocycles. The highest BCUT2D eigenvalue weighted by molar-refractivity contribution is 5.70. The van der Waals surface area contributed by atoms with E-state index in [1.54, 1.807) is 0 Å². The molecule has 2 fully saturated rings. The molecule has 0 aromatic carbocycles. The SMILES string of the molecule is O=C1NC[C@]2(CNCCOC2)O1. The van der Waals surface area contributed by atoms with Crippen LogP contribution in [-0.4, -0.2) is 44.5 Å². The first-order chi connectivity index (χ1) is 5.81. The number of rotatable bonds is 0. The molecule has 5 heteroatoms. The van der Waals surface area contributed by atoms with Crippen molar-refractivity contribution in [2.75, 3.05) is 32.8 Å². The first-order valence-corrected chi connectivity index (χ1v) is 4.06.